The molecule has 0 radical (unpaired) electrons. The first-order valence-electron chi connectivity index (χ1n) is 4.24. The highest BCUT2D eigenvalue weighted by Crippen LogP contribution is 1.93. The molecule has 0 aliphatic heterocycles. The molecule has 0 heterocycles. The molecule has 0 aliphatic carbocycles. The fraction of sp³-hybridized carbons (Fsp3) is 0.273. The predicted octanol–water partition coefficient (Wildman–Crippen LogP) is 1.10. The van der Waals surface area contributed by atoms with E-state index in [-0.39, 0.29) is 0 Å². The van der Waals surface area contributed by atoms with E-state index in [1.165, 1.54) is 0 Å². The highest BCUT2D eigenvalue weighted by atomic mass is 15.5. The van der Waals surface area contributed by atoms with Gasteiger partial charge in [0.05, 0.1) is 6.54 Å². The predicted molar refractivity (Wildman–Crippen MR) is 55.0 cm³/mol. The molecule has 0 amide bonds. The van der Waals surface area contributed by atoms with E-state index in [2.05, 4.69) is 17.3 Å². The average molecular weight is 174 g/mol. The maximum atomic E-state index is 3.08. The van der Waals surface area contributed by atoms with Crippen molar-refractivity contribution < 1.29 is 0 Å². The van der Waals surface area contributed by atoms with Gasteiger partial charge in [0.15, 0.2) is 0 Å². The molecule has 2 heteroatoms. The first kappa shape index (κ1) is 9.79. The Morgan fingerprint density at radius 2 is 1.92 bits per heavy atom. The molecule has 0 spiro atoms. The molecule has 1 rings (SSSR count). The first-order valence-corrected chi connectivity index (χ1v) is 4.24. The summed E-state index contributed by atoms with van der Waals surface area (Å²) in [6.45, 7) is 0.682. The largest absolute Gasteiger partial charge is 0.250 e. The number of hydrogen-bond donors (Lipinski definition) is 1. The number of benzene rings is 1. The van der Waals surface area contributed by atoms with Crippen LogP contribution in [0.15, 0.2) is 30.3 Å². The van der Waals surface area contributed by atoms with Crippen LogP contribution in [0.4, 0.5) is 0 Å². The molecule has 0 bridgehead atoms. The fourth-order valence-corrected chi connectivity index (χ4v) is 0.865. The van der Waals surface area contributed by atoms with Crippen LogP contribution in [-0.4, -0.2) is 25.6 Å². The van der Waals surface area contributed by atoms with Crippen molar-refractivity contribution in [2.24, 2.45) is 0 Å². The van der Waals surface area contributed by atoms with E-state index in [1.54, 1.807) is 0 Å². The van der Waals surface area contributed by atoms with Crippen LogP contribution in [0.25, 0.3) is 0 Å². The zero-order valence-corrected chi connectivity index (χ0v) is 8.04. The fourth-order valence-electron chi connectivity index (χ4n) is 0.865. The summed E-state index contributed by atoms with van der Waals surface area (Å²) in [5.74, 6) is 6.09. The van der Waals surface area contributed by atoms with Crippen molar-refractivity contribution in [1.29, 1.82) is 0 Å². The second kappa shape index (κ2) is 5.36. The second-order valence-corrected chi connectivity index (χ2v) is 2.90. The molecule has 0 saturated carbocycles. The maximum Gasteiger partial charge on any atom is 0.0717 e. The summed E-state index contributed by atoms with van der Waals surface area (Å²) in [5.41, 5.74) is 4.13. The van der Waals surface area contributed by atoms with E-state index in [0.29, 0.717) is 6.54 Å². The number of hydrazine groups is 1. The minimum Gasteiger partial charge on any atom is -0.250 e. The Hall–Kier alpha value is -1.30. The third kappa shape index (κ3) is 4.32. The van der Waals surface area contributed by atoms with E-state index in [0.717, 1.165) is 5.56 Å². The molecule has 13 heavy (non-hydrogen) atoms. The Kier molecular flexibility index (Phi) is 4.04. The number of nitrogens with zero attached hydrogens (tertiary/aromatic N) is 1. The molecule has 0 unspecified atom stereocenters. The third-order valence-corrected chi connectivity index (χ3v) is 1.49. The second-order valence-electron chi connectivity index (χ2n) is 2.90. The van der Waals surface area contributed by atoms with E-state index < -0.39 is 0 Å². The molecule has 2 nitrogen and oxygen atoms in total. The molecule has 0 aliphatic rings. The van der Waals surface area contributed by atoms with Crippen LogP contribution in [0.5, 0.6) is 0 Å². The van der Waals surface area contributed by atoms with Gasteiger partial charge in [-0.3, -0.25) is 0 Å². The number of rotatable bonds is 2. The topological polar surface area (TPSA) is 15.3 Å². The molecule has 68 valence electrons. The minimum atomic E-state index is 0.682. The molecule has 0 saturated heterocycles. The van der Waals surface area contributed by atoms with Gasteiger partial charge in [0.25, 0.3) is 0 Å². The Balaban J connectivity index is 2.40. The third-order valence-electron chi connectivity index (χ3n) is 1.49. The average Bonchev–Trinajstić information content (AvgIpc) is 2.14. The zero-order chi connectivity index (χ0) is 9.52. The first-order chi connectivity index (χ1) is 6.29. The van der Waals surface area contributed by atoms with Gasteiger partial charge in [0.1, 0.15) is 0 Å². The van der Waals surface area contributed by atoms with Crippen molar-refractivity contribution in [1.82, 2.24) is 10.4 Å². The lowest BCUT2D eigenvalue weighted by molar-refractivity contribution is 0.309. The molecule has 0 aromatic heterocycles. The summed E-state index contributed by atoms with van der Waals surface area (Å²) in [7, 11) is 3.90. The Morgan fingerprint density at radius 1 is 1.23 bits per heavy atom. The smallest absolute Gasteiger partial charge is 0.0717 e. The normalized spacial score (nSPS) is 9.46. The molecular formula is C11H14N2. The molecule has 0 fully saturated rings. The van der Waals surface area contributed by atoms with Gasteiger partial charge in [0, 0.05) is 19.7 Å². The van der Waals surface area contributed by atoms with Crippen LogP contribution in [0.2, 0.25) is 0 Å². The van der Waals surface area contributed by atoms with Crippen LogP contribution in [0, 0.1) is 11.8 Å². The summed E-state index contributed by atoms with van der Waals surface area (Å²) in [4.78, 5) is 0. The van der Waals surface area contributed by atoms with Gasteiger partial charge in [-0.2, -0.15) is 0 Å². The van der Waals surface area contributed by atoms with Crippen LogP contribution in [0.3, 0.4) is 0 Å². The number of nitrogens with one attached hydrogen (secondary N) is 1. The molecule has 1 aromatic rings. The molecular weight excluding hydrogens is 160 g/mol. The summed E-state index contributed by atoms with van der Waals surface area (Å²) >= 11 is 0. The van der Waals surface area contributed by atoms with Crippen molar-refractivity contribution in [2.45, 2.75) is 0 Å². The van der Waals surface area contributed by atoms with Crippen molar-refractivity contribution in [3.05, 3.63) is 35.9 Å². The Bertz CT molecular complexity index is 293. The molecule has 0 atom stereocenters. The van der Waals surface area contributed by atoms with Crippen molar-refractivity contribution in [2.75, 3.05) is 20.6 Å². The number of hydrogen-bond acceptors (Lipinski definition) is 2. The summed E-state index contributed by atoms with van der Waals surface area (Å²) < 4.78 is 0. The highest BCUT2D eigenvalue weighted by Gasteiger charge is 1.82. The van der Waals surface area contributed by atoms with Gasteiger partial charge in [-0.15, -0.1) is 0 Å². The van der Waals surface area contributed by atoms with Gasteiger partial charge in [-0.05, 0) is 12.1 Å². The standard InChI is InChI=1S/C11H14N2/c1-13(2)12-10-6-9-11-7-4-3-5-8-11/h3-5,7-8,12H,10H2,1-2H3. The summed E-state index contributed by atoms with van der Waals surface area (Å²) in [6, 6.07) is 9.97. The van der Waals surface area contributed by atoms with E-state index in [9.17, 15) is 0 Å². The van der Waals surface area contributed by atoms with Crippen molar-refractivity contribution in [3.8, 4) is 11.8 Å². The SMILES string of the molecule is CN(C)NCC#Cc1ccccc1. The van der Waals surface area contributed by atoms with Crippen LogP contribution >= 0.6 is 0 Å². The van der Waals surface area contributed by atoms with Crippen molar-refractivity contribution in [3.63, 3.8) is 0 Å². The lowest BCUT2D eigenvalue weighted by atomic mass is 10.2. The lowest BCUT2D eigenvalue weighted by Gasteiger charge is -2.07. The van der Waals surface area contributed by atoms with Crippen LogP contribution < -0.4 is 5.43 Å². The Morgan fingerprint density at radius 3 is 2.54 bits per heavy atom. The van der Waals surface area contributed by atoms with E-state index >= 15 is 0 Å². The quantitative estimate of drug-likeness (QED) is 0.533. The van der Waals surface area contributed by atoms with Crippen LogP contribution in [-0.2, 0) is 0 Å². The van der Waals surface area contributed by atoms with Gasteiger partial charge >= 0.3 is 0 Å². The van der Waals surface area contributed by atoms with Gasteiger partial charge in [-0.1, -0.05) is 30.0 Å². The summed E-state index contributed by atoms with van der Waals surface area (Å²) in [5, 5.41) is 1.89. The lowest BCUT2D eigenvalue weighted by Crippen LogP contribution is -2.30. The minimum absolute atomic E-state index is 0.682. The Labute approximate surface area is 79.5 Å². The van der Waals surface area contributed by atoms with Gasteiger partial charge in [-0.25, -0.2) is 10.4 Å². The monoisotopic (exact) mass is 174 g/mol. The molecule has 1 aromatic carbocycles. The van der Waals surface area contributed by atoms with E-state index in [4.69, 9.17) is 0 Å². The van der Waals surface area contributed by atoms with Crippen molar-refractivity contribution >= 4 is 0 Å². The van der Waals surface area contributed by atoms with Crippen LogP contribution in [0.1, 0.15) is 5.56 Å². The van der Waals surface area contributed by atoms with Gasteiger partial charge in [0.2, 0.25) is 0 Å². The zero-order valence-electron chi connectivity index (χ0n) is 8.04. The highest BCUT2D eigenvalue weighted by molar-refractivity contribution is 5.33. The maximum absolute atomic E-state index is 3.08. The summed E-state index contributed by atoms with van der Waals surface area (Å²) in [6.07, 6.45) is 0. The molecule has 1 N–H and O–H groups in total. The van der Waals surface area contributed by atoms with E-state index in [1.807, 2.05) is 49.4 Å². The van der Waals surface area contributed by atoms with Gasteiger partial charge < -0.3 is 0 Å².